The van der Waals surface area contributed by atoms with Gasteiger partial charge in [-0.05, 0) is 58.7 Å². The van der Waals surface area contributed by atoms with Gasteiger partial charge in [-0.2, -0.15) is 5.26 Å². The number of imidazole rings is 1. The minimum atomic E-state index is -0.723. The van der Waals surface area contributed by atoms with Gasteiger partial charge in [0.05, 0.1) is 22.8 Å². The van der Waals surface area contributed by atoms with Crippen LogP contribution in [0.4, 0.5) is 10.7 Å². The molecule has 35 heavy (non-hydrogen) atoms. The van der Waals surface area contributed by atoms with E-state index in [1.54, 1.807) is 27.0 Å². The Morgan fingerprint density at radius 1 is 1.23 bits per heavy atom. The molecule has 0 aliphatic heterocycles. The summed E-state index contributed by atoms with van der Waals surface area (Å²) in [6.07, 6.45) is 1.65. The Kier molecular flexibility index (Phi) is 8.02. The van der Waals surface area contributed by atoms with Crippen molar-refractivity contribution in [1.29, 1.82) is 5.26 Å². The number of carbonyl (C=O) groups is 2. The number of nitrogens with zero attached hydrogens (tertiary/aromatic N) is 5. The molecular weight excluding hydrogens is 446 g/mol. The summed E-state index contributed by atoms with van der Waals surface area (Å²) in [5, 5.41) is 15.3. The van der Waals surface area contributed by atoms with E-state index >= 15 is 0 Å². The molecule has 2 aromatic heterocycles. The standard InChI is InChI=1S/C25H31N7O3/c1-6-32-19-11-8-7-10-18(19)29-22(32)17(14-26)21-16(2)15-28-23(31-21)30-20(33)12-9-13-27-24(34)35-25(3,4)5/h7-8,10-11,15,17H,6,9,12-13H2,1-5H3,(H,27,34)(H,28,30,31,33). The van der Waals surface area contributed by atoms with E-state index in [-0.39, 0.29) is 18.3 Å². The summed E-state index contributed by atoms with van der Waals surface area (Å²) in [5.74, 6) is -0.294. The highest BCUT2D eigenvalue weighted by atomic mass is 16.6. The number of hydrogen-bond acceptors (Lipinski definition) is 7. The van der Waals surface area contributed by atoms with Gasteiger partial charge in [0.15, 0.2) is 0 Å². The highest BCUT2D eigenvalue weighted by molar-refractivity contribution is 5.89. The van der Waals surface area contributed by atoms with E-state index in [1.165, 1.54) is 0 Å². The maximum atomic E-state index is 12.4. The van der Waals surface area contributed by atoms with Gasteiger partial charge in [0, 0.05) is 25.7 Å². The van der Waals surface area contributed by atoms with E-state index in [1.807, 2.05) is 42.7 Å². The molecule has 0 saturated heterocycles. The largest absolute Gasteiger partial charge is 0.444 e. The second kappa shape index (κ2) is 11.0. The molecule has 3 rings (SSSR count). The zero-order valence-electron chi connectivity index (χ0n) is 20.8. The second-order valence-corrected chi connectivity index (χ2v) is 9.11. The van der Waals surface area contributed by atoms with Gasteiger partial charge in [0.1, 0.15) is 17.3 Å². The minimum absolute atomic E-state index is 0.120. The van der Waals surface area contributed by atoms with Gasteiger partial charge in [-0.25, -0.2) is 19.7 Å². The molecule has 0 spiro atoms. The molecule has 0 fully saturated rings. The maximum absolute atomic E-state index is 12.4. The van der Waals surface area contributed by atoms with Gasteiger partial charge >= 0.3 is 6.09 Å². The number of hydrogen-bond donors (Lipinski definition) is 2. The van der Waals surface area contributed by atoms with E-state index < -0.39 is 17.6 Å². The van der Waals surface area contributed by atoms with Gasteiger partial charge in [0.25, 0.3) is 0 Å². The monoisotopic (exact) mass is 477 g/mol. The summed E-state index contributed by atoms with van der Waals surface area (Å²) < 4.78 is 7.17. The molecule has 10 nitrogen and oxygen atoms in total. The van der Waals surface area contributed by atoms with Crippen molar-refractivity contribution in [2.45, 2.75) is 65.5 Å². The molecule has 1 atom stereocenters. The van der Waals surface area contributed by atoms with Crippen LogP contribution in [0, 0.1) is 18.3 Å². The lowest BCUT2D eigenvalue weighted by Crippen LogP contribution is -2.33. The Balaban J connectivity index is 1.69. The average Bonchev–Trinajstić information content (AvgIpc) is 3.16. The predicted molar refractivity (Wildman–Crippen MR) is 132 cm³/mol. The van der Waals surface area contributed by atoms with Gasteiger partial charge in [-0.1, -0.05) is 12.1 Å². The SMILES string of the molecule is CCn1c(C(C#N)c2nc(NC(=O)CCCNC(=O)OC(C)(C)C)ncc2C)nc2ccccc21. The molecule has 0 bridgehead atoms. The Labute approximate surface area is 204 Å². The lowest BCUT2D eigenvalue weighted by Gasteiger charge is -2.19. The van der Waals surface area contributed by atoms with Crippen LogP contribution in [0.5, 0.6) is 0 Å². The van der Waals surface area contributed by atoms with E-state index in [2.05, 4.69) is 26.7 Å². The zero-order valence-corrected chi connectivity index (χ0v) is 20.8. The molecule has 0 radical (unpaired) electrons. The molecule has 0 saturated carbocycles. The smallest absolute Gasteiger partial charge is 0.407 e. The van der Waals surface area contributed by atoms with E-state index in [9.17, 15) is 14.9 Å². The molecule has 184 valence electrons. The normalized spacial score (nSPS) is 12.1. The van der Waals surface area contributed by atoms with Crippen molar-refractivity contribution in [1.82, 2.24) is 24.8 Å². The number of rotatable bonds is 8. The Morgan fingerprint density at radius 2 is 1.97 bits per heavy atom. The first-order valence-electron chi connectivity index (χ1n) is 11.6. The van der Waals surface area contributed by atoms with Crippen molar-refractivity contribution in [3.05, 3.63) is 47.5 Å². The molecule has 1 aromatic carbocycles. The summed E-state index contributed by atoms with van der Waals surface area (Å²) in [6.45, 7) is 10.1. The second-order valence-electron chi connectivity index (χ2n) is 9.11. The lowest BCUT2D eigenvalue weighted by atomic mass is 10.0. The number of amides is 2. The zero-order chi connectivity index (χ0) is 25.6. The van der Waals surface area contributed by atoms with Crippen LogP contribution < -0.4 is 10.6 Å². The number of ether oxygens (including phenoxy) is 1. The van der Waals surface area contributed by atoms with E-state index in [0.29, 0.717) is 31.0 Å². The highest BCUT2D eigenvalue weighted by Gasteiger charge is 2.25. The molecule has 2 amide bonds. The van der Waals surface area contributed by atoms with E-state index in [0.717, 1.165) is 16.6 Å². The van der Waals surface area contributed by atoms with Gasteiger partial charge in [0.2, 0.25) is 11.9 Å². The summed E-state index contributed by atoms with van der Waals surface area (Å²) in [5.41, 5.74) is 2.40. The topological polar surface area (TPSA) is 135 Å². The van der Waals surface area contributed by atoms with Crippen molar-refractivity contribution in [2.75, 3.05) is 11.9 Å². The van der Waals surface area contributed by atoms with E-state index in [4.69, 9.17) is 9.72 Å². The Morgan fingerprint density at radius 3 is 2.66 bits per heavy atom. The third-order valence-electron chi connectivity index (χ3n) is 5.17. The van der Waals surface area contributed by atoms with Crippen LogP contribution >= 0.6 is 0 Å². The molecule has 1 unspecified atom stereocenters. The molecule has 2 N–H and O–H groups in total. The highest BCUT2D eigenvalue weighted by Crippen LogP contribution is 2.28. The van der Waals surface area contributed by atoms with Crippen LogP contribution in [-0.2, 0) is 16.1 Å². The molecule has 0 aliphatic rings. The number of nitriles is 1. The Hall–Kier alpha value is -4.00. The molecular formula is C25H31N7O3. The fraction of sp³-hybridized carbons (Fsp3) is 0.440. The number of anilines is 1. The molecule has 2 heterocycles. The first-order chi connectivity index (χ1) is 16.6. The minimum Gasteiger partial charge on any atom is -0.444 e. The van der Waals surface area contributed by atoms with Gasteiger partial charge < -0.3 is 14.6 Å². The summed E-state index contributed by atoms with van der Waals surface area (Å²) >= 11 is 0. The van der Waals surface area contributed by atoms with Gasteiger partial charge in [-0.15, -0.1) is 0 Å². The third-order valence-corrected chi connectivity index (χ3v) is 5.17. The van der Waals surface area contributed by atoms with Crippen molar-refractivity contribution < 1.29 is 14.3 Å². The van der Waals surface area contributed by atoms with Crippen LogP contribution in [0.2, 0.25) is 0 Å². The number of nitrogens with one attached hydrogen (secondary N) is 2. The number of carbonyl (C=O) groups excluding carboxylic acids is 2. The average molecular weight is 478 g/mol. The van der Waals surface area contributed by atoms with Crippen LogP contribution in [0.25, 0.3) is 11.0 Å². The first-order valence-corrected chi connectivity index (χ1v) is 11.6. The lowest BCUT2D eigenvalue weighted by molar-refractivity contribution is -0.116. The summed E-state index contributed by atoms with van der Waals surface area (Å²) in [6, 6.07) is 10.1. The first kappa shape index (κ1) is 25.6. The number of alkyl carbamates (subject to hydrolysis) is 1. The molecule has 3 aromatic rings. The number of fused-ring (bicyclic) bond motifs is 1. The van der Waals surface area contributed by atoms with Crippen LogP contribution in [0.3, 0.4) is 0 Å². The Bertz CT molecular complexity index is 1250. The predicted octanol–water partition coefficient (Wildman–Crippen LogP) is 4.05. The van der Waals surface area contributed by atoms with Crippen molar-refractivity contribution >= 4 is 29.0 Å². The number of benzene rings is 1. The molecule has 10 heteroatoms. The number of para-hydroxylation sites is 2. The summed E-state index contributed by atoms with van der Waals surface area (Å²) in [7, 11) is 0. The van der Waals surface area contributed by atoms with Crippen LogP contribution in [-0.4, -0.2) is 43.7 Å². The number of aromatic nitrogens is 4. The fourth-order valence-electron chi connectivity index (χ4n) is 3.64. The molecule has 0 aliphatic carbocycles. The summed E-state index contributed by atoms with van der Waals surface area (Å²) in [4.78, 5) is 37.5. The van der Waals surface area contributed by atoms with Crippen LogP contribution in [0.1, 0.15) is 63.5 Å². The number of aryl methyl sites for hydroxylation is 2. The van der Waals surface area contributed by atoms with Crippen LogP contribution in [0.15, 0.2) is 30.5 Å². The third kappa shape index (κ3) is 6.53. The van der Waals surface area contributed by atoms with Crippen molar-refractivity contribution in [3.8, 4) is 6.07 Å². The fourth-order valence-corrected chi connectivity index (χ4v) is 3.64. The van der Waals surface area contributed by atoms with Crippen molar-refractivity contribution in [2.24, 2.45) is 0 Å². The van der Waals surface area contributed by atoms with Gasteiger partial charge in [-0.3, -0.25) is 10.1 Å². The maximum Gasteiger partial charge on any atom is 0.407 e. The van der Waals surface area contributed by atoms with Crippen molar-refractivity contribution in [3.63, 3.8) is 0 Å². The quantitative estimate of drug-likeness (QED) is 0.467.